The van der Waals surface area contributed by atoms with E-state index in [1.165, 1.54) is 0 Å². The molecule has 0 bridgehead atoms. The molecule has 5 nitrogen and oxygen atoms in total. The Hall–Kier alpha value is -2.53. The van der Waals surface area contributed by atoms with E-state index in [1.807, 2.05) is 66.4 Å². The molecule has 0 radical (unpaired) electrons. The molecular weight excluding hydrogens is 316 g/mol. The van der Waals surface area contributed by atoms with E-state index in [0.717, 1.165) is 44.0 Å². The van der Waals surface area contributed by atoms with Crippen molar-refractivity contribution in [3.05, 3.63) is 54.6 Å². The highest BCUT2D eigenvalue weighted by molar-refractivity contribution is 5.89. The van der Waals surface area contributed by atoms with Crippen molar-refractivity contribution in [3.8, 4) is 11.5 Å². The zero-order valence-corrected chi connectivity index (χ0v) is 14.5. The second kappa shape index (κ2) is 8.53. The van der Waals surface area contributed by atoms with Crippen molar-refractivity contribution in [2.24, 2.45) is 0 Å². The van der Waals surface area contributed by atoms with Crippen molar-refractivity contribution in [2.45, 2.75) is 25.9 Å². The number of para-hydroxylation sites is 1. The van der Waals surface area contributed by atoms with Gasteiger partial charge in [-0.05, 0) is 44.0 Å². The van der Waals surface area contributed by atoms with E-state index in [2.05, 4.69) is 5.32 Å². The molecule has 1 N–H and O–H groups in total. The summed E-state index contributed by atoms with van der Waals surface area (Å²) in [6, 6.07) is 16.9. The molecule has 1 aliphatic heterocycles. The SMILES string of the molecule is CCOC1CCN(C(=O)Nc2cccc(Oc3ccccc3)c2)CC1. The normalized spacial score (nSPS) is 15.0. The van der Waals surface area contributed by atoms with Crippen molar-refractivity contribution in [2.75, 3.05) is 25.0 Å². The molecular formula is C20H24N2O3. The lowest BCUT2D eigenvalue weighted by atomic mass is 10.1. The first kappa shape index (κ1) is 17.3. The maximum atomic E-state index is 12.4. The molecule has 0 aliphatic carbocycles. The minimum absolute atomic E-state index is 0.0770. The molecule has 1 saturated heterocycles. The Morgan fingerprint density at radius 3 is 2.52 bits per heavy atom. The number of ether oxygens (including phenoxy) is 2. The van der Waals surface area contributed by atoms with Crippen LogP contribution in [0.1, 0.15) is 19.8 Å². The third-order valence-corrected chi connectivity index (χ3v) is 4.20. The fraction of sp³-hybridized carbons (Fsp3) is 0.350. The quantitative estimate of drug-likeness (QED) is 0.871. The number of benzene rings is 2. The molecule has 0 atom stereocenters. The fourth-order valence-corrected chi connectivity index (χ4v) is 2.93. The van der Waals surface area contributed by atoms with Crippen LogP contribution >= 0.6 is 0 Å². The molecule has 1 fully saturated rings. The molecule has 1 aliphatic rings. The topological polar surface area (TPSA) is 50.8 Å². The smallest absolute Gasteiger partial charge is 0.321 e. The third kappa shape index (κ3) is 4.97. The molecule has 2 amide bonds. The van der Waals surface area contributed by atoms with E-state index in [4.69, 9.17) is 9.47 Å². The average molecular weight is 340 g/mol. The van der Waals surface area contributed by atoms with Crippen LogP contribution in [0.3, 0.4) is 0 Å². The molecule has 0 spiro atoms. The van der Waals surface area contributed by atoms with Gasteiger partial charge in [0.15, 0.2) is 0 Å². The summed E-state index contributed by atoms with van der Waals surface area (Å²) in [7, 11) is 0. The van der Waals surface area contributed by atoms with Gasteiger partial charge in [-0.3, -0.25) is 0 Å². The predicted molar refractivity (Wildman–Crippen MR) is 98.2 cm³/mol. The number of amides is 2. The monoisotopic (exact) mass is 340 g/mol. The van der Waals surface area contributed by atoms with Crippen molar-refractivity contribution in [1.29, 1.82) is 0 Å². The van der Waals surface area contributed by atoms with Gasteiger partial charge in [0.25, 0.3) is 0 Å². The van der Waals surface area contributed by atoms with E-state index >= 15 is 0 Å². The molecule has 3 rings (SSSR count). The van der Waals surface area contributed by atoms with Crippen molar-refractivity contribution < 1.29 is 14.3 Å². The summed E-state index contributed by atoms with van der Waals surface area (Å²) in [6.45, 7) is 4.17. The van der Waals surface area contributed by atoms with Crippen LogP contribution < -0.4 is 10.1 Å². The summed E-state index contributed by atoms with van der Waals surface area (Å²) in [5.41, 5.74) is 0.727. The molecule has 25 heavy (non-hydrogen) atoms. The minimum Gasteiger partial charge on any atom is -0.457 e. The van der Waals surface area contributed by atoms with E-state index < -0.39 is 0 Å². The number of nitrogens with zero attached hydrogens (tertiary/aromatic N) is 1. The molecule has 0 saturated carbocycles. The Morgan fingerprint density at radius 2 is 1.80 bits per heavy atom. The molecule has 2 aromatic carbocycles. The number of carbonyl (C=O) groups excluding carboxylic acids is 1. The second-order valence-corrected chi connectivity index (χ2v) is 6.01. The number of hydrogen-bond donors (Lipinski definition) is 1. The summed E-state index contributed by atoms with van der Waals surface area (Å²) in [4.78, 5) is 14.3. The Balaban J connectivity index is 1.56. The maximum Gasteiger partial charge on any atom is 0.321 e. The number of piperidine rings is 1. The van der Waals surface area contributed by atoms with Crippen molar-refractivity contribution >= 4 is 11.7 Å². The first-order valence-electron chi connectivity index (χ1n) is 8.75. The highest BCUT2D eigenvalue weighted by Crippen LogP contribution is 2.24. The number of rotatable bonds is 5. The summed E-state index contributed by atoms with van der Waals surface area (Å²) < 4.78 is 11.4. The van der Waals surface area contributed by atoms with Gasteiger partial charge in [-0.2, -0.15) is 0 Å². The van der Waals surface area contributed by atoms with Gasteiger partial charge < -0.3 is 19.7 Å². The Morgan fingerprint density at radius 1 is 1.08 bits per heavy atom. The van der Waals surface area contributed by atoms with Gasteiger partial charge in [-0.25, -0.2) is 4.79 Å². The zero-order valence-electron chi connectivity index (χ0n) is 14.5. The van der Waals surface area contributed by atoms with Gasteiger partial charge in [-0.1, -0.05) is 24.3 Å². The minimum atomic E-state index is -0.0770. The number of nitrogens with one attached hydrogen (secondary N) is 1. The number of urea groups is 1. The summed E-state index contributed by atoms with van der Waals surface area (Å²) >= 11 is 0. The van der Waals surface area contributed by atoms with Gasteiger partial charge in [0, 0.05) is 31.5 Å². The highest BCUT2D eigenvalue weighted by Gasteiger charge is 2.22. The highest BCUT2D eigenvalue weighted by atomic mass is 16.5. The molecule has 0 aromatic heterocycles. The van der Waals surface area contributed by atoms with Gasteiger partial charge >= 0.3 is 6.03 Å². The van der Waals surface area contributed by atoms with E-state index in [0.29, 0.717) is 5.75 Å². The Kier molecular flexibility index (Phi) is 5.90. The van der Waals surface area contributed by atoms with Crippen LogP contribution in [0.5, 0.6) is 11.5 Å². The standard InChI is InChI=1S/C20H24N2O3/c1-2-24-17-11-13-22(14-12-17)20(23)21-16-7-6-10-19(15-16)25-18-8-4-3-5-9-18/h3-10,15,17H,2,11-14H2,1H3,(H,21,23). The second-order valence-electron chi connectivity index (χ2n) is 6.01. The lowest BCUT2D eigenvalue weighted by molar-refractivity contribution is 0.0232. The summed E-state index contributed by atoms with van der Waals surface area (Å²) in [5.74, 6) is 1.46. The molecule has 0 unspecified atom stereocenters. The lowest BCUT2D eigenvalue weighted by Gasteiger charge is -2.31. The van der Waals surface area contributed by atoms with Crippen LogP contribution in [-0.4, -0.2) is 36.7 Å². The fourth-order valence-electron chi connectivity index (χ4n) is 2.93. The van der Waals surface area contributed by atoms with E-state index in [1.54, 1.807) is 0 Å². The first-order valence-corrected chi connectivity index (χ1v) is 8.75. The summed E-state index contributed by atoms with van der Waals surface area (Å²) in [5, 5.41) is 2.95. The van der Waals surface area contributed by atoms with Gasteiger partial charge in [0.1, 0.15) is 11.5 Å². The van der Waals surface area contributed by atoms with Crippen LogP contribution in [0, 0.1) is 0 Å². The first-order chi connectivity index (χ1) is 12.2. The molecule has 5 heteroatoms. The Bertz CT molecular complexity index is 682. The van der Waals surface area contributed by atoms with Gasteiger partial charge in [0.05, 0.1) is 6.10 Å². The molecule has 132 valence electrons. The number of carbonyl (C=O) groups is 1. The van der Waals surface area contributed by atoms with Crippen LogP contribution in [0.25, 0.3) is 0 Å². The zero-order chi connectivity index (χ0) is 17.5. The van der Waals surface area contributed by atoms with Crippen LogP contribution in [-0.2, 0) is 4.74 Å². The van der Waals surface area contributed by atoms with Crippen LogP contribution in [0.15, 0.2) is 54.6 Å². The molecule has 1 heterocycles. The largest absolute Gasteiger partial charge is 0.457 e. The average Bonchev–Trinajstić information content (AvgIpc) is 2.64. The Labute approximate surface area is 148 Å². The summed E-state index contributed by atoms with van der Waals surface area (Å²) in [6.07, 6.45) is 2.05. The molecule has 2 aromatic rings. The maximum absolute atomic E-state index is 12.4. The van der Waals surface area contributed by atoms with E-state index in [9.17, 15) is 4.79 Å². The number of likely N-dealkylation sites (tertiary alicyclic amines) is 1. The third-order valence-electron chi connectivity index (χ3n) is 4.20. The van der Waals surface area contributed by atoms with Crippen molar-refractivity contribution in [3.63, 3.8) is 0 Å². The van der Waals surface area contributed by atoms with Crippen molar-refractivity contribution in [1.82, 2.24) is 4.90 Å². The lowest BCUT2D eigenvalue weighted by Crippen LogP contribution is -2.43. The predicted octanol–water partition coefficient (Wildman–Crippen LogP) is 4.51. The van der Waals surface area contributed by atoms with E-state index in [-0.39, 0.29) is 12.1 Å². The van der Waals surface area contributed by atoms with Gasteiger partial charge in [-0.15, -0.1) is 0 Å². The van der Waals surface area contributed by atoms with Crippen LogP contribution in [0.4, 0.5) is 10.5 Å². The van der Waals surface area contributed by atoms with Gasteiger partial charge in [0.2, 0.25) is 0 Å². The number of anilines is 1. The number of hydrogen-bond acceptors (Lipinski definition) is 3. The van der Waals surface area contributed by atoms with Crippen LogP contribution in [0.2, 0.25) is 0 Å².